The zero-order valence-electron chi connectivity index (χ0n) is 19.5. The summed E-state index contributed by atoms with van der Waals surface area (Å²) in [7, 11) is 4.66. The molecule has 0 saturated heterocycles. The Balaban J connectivity index is 1.65. The van der Waals surface area contributed by atoms with Crippen molar-refractivity contribution in [2.75, 3.05) is 33.3 Å². The van der Waals surface area contributed by atoms with Gasteiger partial charge in [0.15, 0.2) is 6.61 Å². The van der Waals surface area contributed by atoms with Gasteiger partial charge in [-0.25, -0.2) is 9.78 Å². The average molecular weight is 466 g/mol. The topological polar surface area (TPSA) is 108 Å². The number of benzene rings is 2. The summed E-state index contributed by atoms with van der Waals surface area (Å²) in [4.78, 5) is 29.4. The van der Waals surface area contributed by atoms with Crippen LogP contribution in [0.2, 0.25) is 0 Å². The highest BCUT2D eigenvalue weighted by Gasteiger charge is 2.19. The maximum absolute atomic E-state index is 12.7. The summed E-state index contributed by atoms with van der Waals surface area (Å²) in [5.74, 6) is 0.963. The molecule has 1 heterocycles. The zero-order valence-corrected chi connectivity index (χ0v) is 19.5. The van der Waals surface area contributed by atoms with E-state index in [0.29, 0.717) is 22.9 Å². The highest BCUT2D eigenvalue weighted by molar-refractivity contribution is 5.96. The van der Waals surface area contributed by atoms with Gasteiger partial charge >= 0.3 is 5.97 Å². The second-order valence-electron chi connectivity index (χ2n) is 7.20. The lowest BCUT2D eigenvalue weighted by atomic mass is 10.1. The SMILES string of the molecule is COc1ccc(OC)c([C@@H](C)NC(=O)COC(=O)c2cccnc2Nc2ccccc2OC)c1. The molecule has 9 nitrogen and oxygen atoms in total. The monoisotopic (exact) mass is 465 g/mol. The lowest BCUT2D eigenvalue weighted by Crippen LogP contribution is -2.31. The van der Waals surface area contributed by atoms with Crippen LogP contribution in [0.5, 0.6) is 17.2 Å². The number of esters is 1. The van der Waals surface area contributed by atoms with Crippen molar-refractivity contribution >= 4 is 23.4 Å². The first-order valence-corrected chi connectivity index (χ1v) is 10.5. The van der Waals surface area contributed by atoms with Crippen LogP contribution in [0.1, 0.15) is 28.9 Å². The Bertz CT molecular complexity index is 1150. The fourth-order valence-corrected chi connectivity index (χ4v) is 3.29. The summed E-state index contributed by atoms with van der Waals surface area (Å²) in [6.07, 6.45) is 1.55. The molecular weight excluding hydrogens is 438 g/mol. The van der Waals surface area contributed by atoms with Crippen LogP contribution in [0, 0.1) is 0 Å². The largest absolute Gasteiger partial charge is 0.497 e. The molecule has 0 fully saturated rings. The molecule has 0 aliphatic carbocycles. The van der Waals surface area contributed by atoms with Crippen LogP contribution in [-0.4, -0.2) is 44.8 Å². The first-order valence-electron chi connectivity index (χ1n) is 10.5. The van der Waals surface area contributed by atoms with Crippen LogP contribution >= 0.6 is 0 Å². The smallest absolute Gasteiger partial charge is 0.342 e. The summed E-state index contributed by atoms with van der Waals surface area (Å²) < 4.78 is 21.2. The van der Waals surface area contributed by atoms with Crippen LogP contribution < -0.4 is 24.8 Å². The minimum Gasteiger partial charge on any atom is -0.497 e. The third-order valence-corrected chi connectivity index (χ3v) is 5.00. The number of pyridine rings is 1. The Hall–Kier alpha value is -4.27. The second kappa shape index (κ2) is 11.6. The standard InChI is InChI=1S/C25H27N3O6/c1-16(19-14-17(31-2)11-12-21(19)32-3)27-23(29)15-34-25(30)18-8-7-13-26-24(18)28-20-9-5-6-10-22(20)33-4/h5-14,16H,15H2,1-4H3,(H,26,28)(H,27,29)/t16-/m1/s1. The van der Waals surface area contributed by atoms with Gasteiger partial charge in [0.05, 0.1) is 33.1 Å². The summed E-state index contributed by atoms with van der Waals surface area (Å²) in [6, 6.07) is 15.3. The van der Waals surface area contributed by atoms with Crippen LogP contribution in [0.3, 0.4) is 0 Å². The molecule has 0 radical (unpaired) electrons. The Morgan fingerprint density at radius 3 is 2.44 bits per heavy atom. The van der Waals surface area contributed by atoms with Crippen molar-refractivity contribution in [2.45, 2.75) is 13.0 Å². The molecule has 1 atom stereocenters. The van der Waals surface area contributed by atoms with Gasteiger partial charge in [0.2, 0.25) is 0 Å². The Kier molecular flexibility index (Phi) is 8.28. The molecule has 34 heavy (non-hydrogen) atoms. The van der Waals surface area contributed by atoms with Gasteiger partial charge in [-0.2, -0.15) is 0 Å². The van der Waals surface area contributed by atoms with Gasteiger partial charge in [-0.1, -0.05) is 12.1 Å². The van der Waals surface area contributed by atoms with Gasteiger partial charge in [-0.05, 0) is 49.4 Å². The van der Waals surface area contributed by atoms with Crippen molar-refractivity contribution in [2.24, 2.45) is 0 Å². The van der Waals surface area contributed by atoms with Crippen molar-refractivity contribution < 1.29 is 28.5 Å². The highest BCUT2D eigenvalue weighted by Crippen LogP contribution is 2.29. The molecule has 2 N–H and O–H groups in total. The summed E-state index contributed by atoms with van der Waals surface area (Å²) >= 11 is 0. The first kappa shape index (κ1) is 24.4. The number of rotatable bonds is 10. The molecule has 0 saturated carbocycles. The number of methoxy groups -OCH3 is 3. The molecule has 2 aromatic carbocycles. The number of ether oxygens (including phenoxy) is 4. The molecule has 178 valence electrons. The maximum Gasteiger partial charge on any atom is 0.342 e. The molecule has 3 aromatic rings. The number of hydrogen-bond acceptors (Lipinski definition) is 8. The molecule has 3 rings (SSSR count). The molecule has 0 unspecified atom stereocenters. The molecule has 1 amide bonds. The molecule has 9 heteroatoms. The fraction of sp³-hybridized carbons (Fsp3) is 0.240. The van der Waals surface area contributed by atoms with E-state index in [9.17, 15) is 9.59 Å². The van der Waals surface area contributed by atoms with E-state index in [1.54, 1.807) is 76.9 Å². The third-order valence-electron chi connectivity index (χ3n) is 5.00. The van der Waals surface area contributed by atoms with E-state index in [4.69, 9.17) is 18.9 Å². The Morgan fingerprint density at radius 1 is 0.941 bits per heavy atom. The number of amides is 1. The second-order valence-corrected chi connectivity index (χ2v) is 7.20. The van der Waals surface area contributed by atoms with Gasteiger partial charge in [0.25, 0.3) is 5.91 Å². The van der Waals surface area contributed by atoms with Gasteiger partial charge in [0, 0.05) is 11.8 Å². The number of carbonyl (C=O) groups excluding carboxylic acids is 2. The maximum atomic E-state index is 12.7. The van der Waals surface area contributed by atoms with Crippen LogP contribution in [0.4, 0.5) is 11.5 Å². The van der Waals surface area contributed by atoms with Crippen molar-refractivity contribution in [1.82, 2.24) is 10.3 Å². The summed E-state index contributed by atoms with van der Waals surface area (Å²) in [6.45, 7) is 1.34. The van der Waals surface area contributed by atoms with Crippen LogP contribution in [0.15, 0.2) is 60.8 Å². The zero-order chi connectivity index (χ0) is 24.5. The molecule has 0 bridgehead atoms. The predicted molar refractivity (Wildman–Crippen MR) is 127 cm³/mol. The van der Waals surface area contributed by atoms with Crippen molar-refractivity contribution in [3.05, 3.63) is 71.9 Å². The number of nitrogens with zero attached hydrogens (tertiary/aromatic N) is 1. The van der Waals surface area contributed by atoms with E-state index in [2.05, 4.69) is 15.6 Å². The fourth-order valence-electron chi connectivity index (χ4n) is 3.29. The Morgan fingerprint density at radius 2 is 1.71 bits per heavy atom. The normalized spacial score (nSPS) is 11.2. The number of aromatic nitrogens is 1. The van der Waals surface area contributed by atoms with Crippen LogP contribution in [-0.2, 0) is 9.53 Å². The molecule has 0 aliphatic rings. The van der Waals surface area contributed by atoms with E-state index in [-0.39, 0.29) is 11.4 Å². The van der Waals surface area contributed by atoms with Crippen LogP contribution in [0.25, 0.3) is 0 Å². The van der Waals surface area contributed by atoms with E-state index in [1.165, 1.54) is 0 Å². The Labute approximate surface area is 198 Å². The van der Waals surface area contributed by atoms with E-state index >= 15 is 0 Å². The first-order chi connectivity index (χ1) is 16.5. The van der Waals surface area contributed by atoms with Gasteiger partial charge in [0.1, 0.15) is 28.6 Å². The number of nitrogens with one attached hydrogen (secondary N) is 2. The van der Waals surface area contributed by atoms with Gasteiger partial charge in [-0.3, -0.25) is 4.79 Å². The van der Waals surface area contributed by atoms with Crippen molar-refractivity contribution in [3.63, 3.8) is 0 Å². The quantitative estimate of drug-likeness (QED) is 0.434. The minimum absolute atomic E-state index is 0.184. The molecule has 0 aliphatic heterocycles. The lowest BCUT2D eigenvalue weighted by Gasteiger charge is -2.18. The average Bonchev–Trinajstić information content (AvgIpc) is 2.87. The van der Waals surface area contributed by atoms with Gasteiger partial charge < -0.3 is 29.6 Å². The number of anilines is 2. The summed E-state index contributed by atoms with van der Waals surface area (Å²) in [5.41, 5.74) is 1.55. The van der Waals surface area contributed by atoms with Crippen molar-refractivity contribution in [1.29, 1.82) is 0 Å². The van der Waals surface area contributed by atoms with E-state index in [0.717, 1.165) is 5.56 Å². The predicted octanol–water partition coefficient (Wildman–Crippen LogP) is 3.89. The number of carbonyl (C=O) groups is 2. The summed E-state index contributed by atoms with van der Waals surface area (Å²) in [5, 5.41) is 5.87. The number of para-hydroxylation sites is 2. The van der Waals surface area contributed by atoms with E-state index in [1.807, 2.05) is 12.1 Å². The lowest BCUT2D eigenvalue weighted by molar-refractivity contribution is -0.124. The van der Waals surface area contributed by atoms with E-state index < -0.39 is 24.5 Å². The molecular formula is C25H27N3O6. The van der Waals surface area contributed by atoms with Crippen molar-refractivity contribution in [3.8, 4) is 17.2 Å². The van der Waals surface area contributed by atoms with Gasteiger partial charge in [-0.15, -0.1) is 0 Å². The molecule has 1 aromatic heterocycles. The third kappa shape index (κ3) is 5.94. The highest BCUT2D eigenvalue weighted by atomic mass is 16.5. The minimum atomic E-state index is -0.688. The molecule has 0 spiro atoms. The number of hydrogen-bond donors (Lipinski definition) is 2.